The fourth-order valence-corrected chi connectivity index (χ4v) is 3.42. The number of pyridine rings is 1. The summed E-state index contributed by atoms with van der Waals surface area (Å²) in [5.41, 5.74) is 0.724. The van der Waals surface area contributed by atoms with Crippen molar-refractivity contribution in [2.45, 2.75) is 38.3 Å². The van der Waals surface area contributed by atoms with E-state index >= 15 is 0 Å². The van der Waals surface area contributed by atoms with E-state index in [9.17, 15) is 14.7 Å². The van der Waals surface area contributed by atoms with Gasteiger partial charge in [0.2, 0.25) is 5.91 Å². The van der Waals surface area contributed by atoms with Crippen LogP contribution in [0, 0.1) is 5.92 Å². The van der Waals surface area contributed by atoms with Crippen LogP contribution in [0.5, 0.6) is 0 Å². The van der Waals surface area contributed by atoms with Crippen molar-refractivity contribution in [1.29, 1.82) is 0 Å². The fraction of sp³-hybridized carbons (Fsp3) is 0.444. The van der Waals surface area contributed by atoms with E-state index in [2.05, 4.69) is 5.32 Å². The van der Waals surface area contributed by atoms with E-state index in [-0.39, 0.29) is 36.4 Å². The number of hydrogen-bond donors (Lipinski definition) is 2. The molecule has 2 aromatic rings. The number of amides is 1. The second kappa shape index (κ2) is 6.96. The Labute approximate surface area is 134 Å². The molecule has 3 rings (SSSR count). The van der Waals surface area contributed by atoms with Crippen LogP contribution in [0.2, 0.25) is 0 Å². The molecule has 1 aliphatic rings. The molecule has 2 unspecified atom stereocenters. The van der Waals surface area contributed by atoms with Crippen LogP contribution in [0.15, 0.2) is 41.3 Å². The zero-order chi connectivity index (χ0) is 16.2. The van der Waals surface area contributed by atoms with Crippen LogP contribution < -0.4 is 10.7 Å². The highest BCUT2D eigenvalue weighted by molar-refractivity contribution is 5.82. The van der Waals surface area contributed by atoms with Gasteiger partial charge in [0, 0.05) is 36.2 Å². The van der Waals surface area contributed by atoms with Gasteiger partial charge in [0.15, 0.2) is 5.43 Å². The third-order valence-electron chi connectivity index (χ3n) is 4.69. The Bertz CT molecular complexity index is 753. The van der Waals surface area contributed by atoms with Crippen molar-refractivity contribution in [3.05, 3.63) is 46.8 Å². The first-order chi connectivity index (χ1) is 11.2. The summed E-state index contributed by atoms with van der Waals surface area (Å²) >= 11 is 0. The van der Waals surface area contributed by atoms with Gasteiger partial charge in [0.05, 0.1) is 5.52 Å². The number of carbonyl (C=O) groups is 1. The van der Waals surface area contributed by atoms with Crippen molar-refractivity contribution in [1.82, 2.24) is 9.88 Å². The maximum atomic E-state index is 12.4. The predicted molar refractivity (Wildman–Crippen MR) is 89.2 cm³/mol. The van der Waals surface area contributed by atoms with E-state index in [1.54, 1.807) is 16.8 Å². The summed E-state index contributed by atoms with van der Waals surface area (Å²) in [6.07, 6.45) is 5.74. The maximum Gasteiger partial charge on any atom is 0.240 e. The molecule has 1 aromatic heterocycles. The molecule has 1 saturated carbocycles. The fourth-order valence-electron chi connectivity index (χ4n) is 3.42. The third kappa shape index (κ3) is 3.45. The Morgan fingerprint density at radius 3 is 2.83 bits per heavy atom. The minimum Gasteiger partial charge on any atom is -0.396 e. The molecule has 2 atom stereocenters. The van der Waals surface area contributed by atoms with Crippen LogP contribution >= 0.6 is 0 Å². The average Bonchev–Trinajstić information content (AvgIpc) is 2.58. The number of nitrogens with zero attached hydrogens (tertiary/aromatic N) is 1. The molecule has 23 heavy (non-hydrogen) atoms. The zero-order valence-electron chi connectivity index (χ0n) is 13.1. The smallest absolute Gasteiger partial charge is 0.240 e. The summed E-state index contributed by atoms with van der Waals surface area (Å²) in [5.74, 6) is 0.0719. The molecule has 0 bridgehead atoms. The van der Waals surface area contributed by atoms with Gasteiger partial charge < -0.3 is 15.0 Å². The maximum absolute atomic E-state index is 12.4. The molecule has 5 heteroatoms. The number of rotatable bonds is 4. The van der Waals surface area contributed by atoms with E-state index < -0.39 is 0 Å². The van der Waals surface area contributed by atoms with Gasteiger partial charge in [-0.1, -0.05) is 25.0 Å². The van der Waals surface area contributed by atoms with Gasteiger partial charge in [0.25, 0.3) is 0 Å². The van der Waals surface area contributed by atoms with E-state index in [0.29, 0.717) is 5.39 Å². The lowest BCUT2D eigenvalue weighted by Crippen LogP contribution is -2.44. The quantitative estimate of drug-likeness (QED) is 0.902. The highest BCUT2D eigenvalue weighted by Gasteiger charge is 2.25. The Kier molecular flexibility index (Phi) is 4.76. The Morgan fingerprint density at radius 1 is 1.22 bits per heavy atom. The molecule has 122 valence electrons. The highest BCUT2D eigenvalue weighted by atomic mass is 16.3. The molecular formula is C18H22N2O3. The molecule has 1 amide bonds. The lowest BCUT2D eigenvalue weighted by atomic mass is 9.85. The average molecular weight is 314 g/mol. The van der Waals surface area contributed by atoms with Crippen molar-refractivity contribution < 1.29 is 9.90 Å². The van der Waals surface area contributed by atoms with Gasteiger partial charge in [-0.05, 0) is 25.0 Å². The van der Waals surface area contributed by atoms with E-state index in [1.807, 2.05) is 18.2 Å². The summed E-state index contributed by atoms with van der Waals surface area (Å²) in [7, 11) is 0. The van der Waals surface area contributed by atoms with E-state index in [1.165, 1.54) is 6.07 Å². The Balaban J connectivity index is 1.75. The van der Waals surface area contributed by atoms with Crippen LogP contribution in [0.4, 0.5) is 0 Å². The molecule has 2 N–H and O–H groups in total. The molecule has 1 aliphatic carbocycles. The summed E-state index contributed by atoms with van der Waals surface area (Å²) < 4.78 is 1.79. The first-order valence-corrected chi connectivity index (χ1v) is 8.17. The van der Waals surface area contributed by atoms with Crippen molar-refractivity contribution >= 4 is 16.8 Å². The summed E-state index contributed by atoms with van der Waals surface area (Å²) in [6.45, 7) is 0.293. The van der Waals surface area contributed by atoms with Gasteiger partial charge in [-0.15, -0.1) is 0 Å². The largest absolute Gasteiger partial charge is 0.396 e. The van der Waals surface area contributed by atoms with E-state index in [0.717, 1.165) is 31.2 Å². The van der Waals surface area contributed by atoms with Gasteiger partial charge in [-0.25, -0.2) is 0 Å². The highest BCUT2D eigenvalue weighted by Crippen LogP contribution is 2.24. The van der Waals surface area contributed by atoms with Crippen molar-refractivity contribution in [3.8, 4) is 0 Å². The number of benzene rings is 1. The number of hydrogen-bond acceptors (Lipinski definition) is 3. The van der Waals surface area contributed by atoms with Crippen molar-refractivity contribution in [2.24, 2.45) is 5.92 Å². The van der Waals surface area contributed by atoms with Gasteiger partial charge in [-0.3, -0.25) is 9.59 Å². The Hall–Kier alpha value is -2.14. The van der Waals surface area contributed by atoms with Crippen LogP contribution in [0.25, 0.3) is 10.9 Å². The molecule has 1 aromatic carbocycles. The number of aliphatic hydroxyl groups excluding tert-OH is 1. The van der Waals surface area contributed by atoms with Gasteiger partial charge in [0.1, 0.15) is 6.54 Å². The number of aliphatic hydroxyl groups is 1. The number of para-hydroxylation sites is 1. The molecule has 0 spiro atoms. The molecule has 1 fully saturated rings. The summed E-state index contributed by atoms with van der Waals surface area (Å²) in [6, 6.07) is 8.84. The Morgan fingerprint density at radius 2 is 2.00 bits per heavy atom. The van der Waals surface area contributed by atoms with Crippen LogP contribution in [-0.2, 0) is 11.3 Å². The molecule has 0 aliphatic heterocycles. The number of aromatic nitrogens is 1. The van der Waals surface area contributed by atoms with Crippen molar-refractivity contribution in [2.75, 3.05) is 6.61 Å². The first-order valence-electron chi connectivity index (χ1n) is 8.17. The van der Waals surface area contributed by atoms with E-state index in [4.69, 9.17) is 0 Å². The van der Waals surface area contributed by atoms with Crippen molar-refractivity contribution in [3.63, 3.8) is 0 Å². The number of nitrogens with one attached hydrogen (secondary N) is 1. The second-order valence-corrected chi connectivity index (χ2v) is 6.23. The molecule has 5 nitrogen and oxygen atoms in total. The lowest BCUT2D eigenvalue weighted by Gasteiger charge is -2.31. The lowest BCUT2D eigenvalue weighted by molar-refractivity contribution is -0.123. The summed E-state index contributed by atoms with van der Waals surface area (Å²) in [5, 5.41) is 13.1. The number of carbonyl (C=O) groups excluding carboxylic acids is 1. The SMILES string of the molecule is O=C(Cn1ccc(=O)c2ccccc21)NC1CCCCC1CO. The topological polar surface area (TPSA) is 71.3 Å². The molecule has 1 heterocycles. The third-order valence-corrected chi connectivity index (χ3v) is 4.69. The van der Waals surface area contributed by atoms with Gasteiger partial charge in [-0.2, -0.15) is 0 Å². The second-order valence-electron chi connectivity index (χ2n) is 6.23. The zero-order valence-corrected chi connectivity index (χ0v) is 13.1. The minimum absolute atomic E-state index is 0.0371. The van der Waals surface area contributed by atoms with Crippen LogP contribution in [-0.4, -0.2) is 28.2 Å². The van der Waals surface area contributed by atoms with Gasteiger partial charge >= 0.3 is 0 Å². The standard InChI is InChI=1S/C18H22N2O3/c21-12-13-5-1-3-7-15(13)19-18(23)11-20-10-9-17(22)14-6-2-4-8-16(14)20/h2,4,6,8-10,13,15,21H,1,3,5,7,11-12H2,(H,19,23). The monoisotopic (exact) mass is 314 g/mol. The number of fused-ring (bicyclic) bond motifs is 1. The van der Waals surface area contributed by atoms with Crippen LogP contribution in [0.3, 0.4) is 0 Å². The molecular weight excluding hydrogens is 292 g/mol. The molecule has 0 saturated heterocycles. The predicted octanol–water partition coefficient (Wildman–Crippen LogP) is 1.67. The summed E-state index contributed by atoms with van der Waals surface area (Å²) in [4.78, 5) is 24.3. The minimum atomic E-state index is -0.0795. The first kappa shape index (κ1) is 15.7. The molecule has 0 radical (unpaired) electrons. The normalized spacial score (nSPS) is 21.3. The van der Waals surface area contributed by atoms with Crippen LogP contribution in [0.1, 0.15) is 25.7 Å².